The van der Waals surface area contributed by atoms with Crippen LogP contribution in [0.5, 0.6) is 11.5 Å². The fourth-order valence-corrected chi connectivity index (χ4v) is 8.48. The fourth-order valence-electron chi connectivity index (χ4n) is 8.48. The van der Waals surface area contributed by atoms with Crippen molar-refractivity contribution in [3.05, 3.63) is 194 Å². The van der Waals surface area contributed by atoms with Crippen LogP contribution < -0.4 is 14.8 Å². The molecule has 0 unspecified atom stereocenters. The molecule has 0 bridgehead atoms. The zero-order valence-electron chi connectivity index (χ0n) is 47.8. The summed E-state index contributed by atoms with van der Waals surface area (Å²) in [5, 5.41) is 2.00. The van der Waals surface area contributed by atoms with Crippen molar-refractivity contribution < 1.29 is 53.4 Å². The van der Waals surface area contributed by atoms with Crippen LogP contribution in [0.4, 0.5) is 0 Å². The standard InChI is InChI=1S/C58H49BN4O3.Pt/c1-56(2,3)41-32-33-60-54(34-41)63-50-27-15-14-24-48(50)49-30-29-45(37-52(49)63)64-44-23-16-22-43(36-44)61-38-62(53-35-42(28-31-51(53)61)59-65-57(4,5)58(6,7)66-59)55-46(39-18-10-8-11-19-39)25-17-26-47(55)40-20-12-9-13-21-40;/h8-35H,1-7H3;/q-2;/i8D,9D,10D,11D,12D,13D,18D,19D,20D,21D;. The zero-order valence-corrected chi connectivity index (χ0v) is 40.1. The molecule has 1 aliphatic rings. The molecule has 0 atom stereocenters. The van der Waals surface area contributed by atoms with Gasteiger partial charge in [-0.05, 0) is 95.7 Å². The Bertz CT molecular complexity index is 3920. The molecular formula is C58H49BN4O3Pt-2. The van der Waals surface area contributed by atoms with Gasteiger partial charge in [-0.25, -0.2) is 4.98 Å². The number of nitrogens with zero attached hydrogens (tertiary/aromatic N) is 4. The van der Waals surface area contributed by atoms with Crippen molar-refractivity contribution in [1.29, 1.82) is 0 Å². The average Bonchev–Trinajstić information content (AvgIpc) is 4.05. The summed E-state index contributed by atoms with van der Waals surface area (Å²) in [6.07, 6.45) is 5.29. The number of aromatic nitrogens is 4. The predicted octanol–water partition coefficient (Wildman–Crippen LogP) is 12.5. The second kappa shape index (κ2) is 16.9. The van der Waals surface area contributed by atoms with Gasteiger partial charge in [0.25, 0.3) is 6.33 Å². The third-order valence-corrected chi connectivity index (χ3v) is 12.6. The van der Waals surface area contributed by atoms with Crippen molar-refractivity contribution in [2.75, 3.05) is 0 Å². The van der Waals surface area contributed by atoms with E-state index in [1.54, 1.807) is 39.5 Å². The number of imidazole rings is 1. The molecule has 67 heavy (non-hydrogen) atoms. The van der Waals surface area contributed by atoms with E-state index in [2.05, 4.69) is 62.0 Å². The number of rotatable bonds is 8. The van der Waals surface area contributed by atoms with Gasteiger partial charge in [0.1, 0.15) is 5.82 Å². The van der Waals surface area contributed by atoms with E-state index in [1.165, 1.54) is 0 Å². The normalized spacial score (nSPS) is 16.6. The van der Waals surface area contributed by atoms with Gasteiger partial charge >= 0.3 is 7.12 Å². The summed E-state index contributed by atoms with van der Waals surface area (Å²) >= 11 is 0. The number of benzene rings is 7. The minimum atomic E-state index is -0.836. The van der Waals surface area contributed by atoms with Gasteiger partial charge in [0.05, 0.1) is 41.6 Å². The topological polar surface area (TPSA) is 54.3 Å². The number of para-hydroxylation sites is 2. The molecule has 7 nitrogen and oxygen atoms in total. The van der Waals surface area contributed by atoms with E-state index in [0.29, 0.717) is 33.7 Å². The number of fused-ring (bicyclic) bond motifs is 4. The van der Waals surface area contributed by atoms with Crippen LogP contribution in [0.2, 0.25) is 0 Å². The van der Waals surface area contributed by atoms with E-state index in [-0.39, 0.29) is 54.4 Å². The first kappa shape index (κ1) is 33.8. The molecule has 0 saturated carbocycles. The van der Waals surface area contributed by atoms with Crippen molar-refractivity contribution >= 4 is 45.4 Å². The Morgan fingerprint density at radius 3 is 2.03 bits per heavy atom. The summed E-state index contributed by atoms with van der Waals surface area (Å²) < 4.78 is 113. The van der Waals surface area contributed by atoms with Crippen LogP contribution in [-0.2, 0) is 35.8 Å². The van der Waals surface area contributed by atoms with Gasteiger partial charge in [0.2, 0.25) is 0 Å². The molecule has 3 aromatic heterocycles. The van der Waals surface area contributed by atoms with Gasteiger partial charge in [0.15, 0.2) is 0 Å². The molecule has 4 heterocycles. The monoisotopic (exact) mass is 1070 g/mol. The first-order valence-electron chi connectivity index (χ1n) is 26.7. The van der Waals surface area contributed by atoms with Crippen LogP contribution in [-0.4, -0.2) is 32.4 Å². The summed E-state index contributed by atoms with van der Waals surface area (Å²) in [4.78, 5) is 4.82. The van der Waals surface area contributed by atoms with E-state index in [9.17, 15) is 5.48 Å². The Balaban J connectivity index is 0.00000672. The Morgan fingerprint density at radius 1 is 0.687 bits per heavy atom. The number of ether oxygens (including phenoxy) is 1. The minimum Gasteiger partial charge on any atom is -0.510 e. The summed E-state index contributed by atoms with van der Waals surface area (Å²) in [7, 11) is -0.836. The summed E-state index contributed by atoms with van der Waals surface area (Å²) in [5.74, 6) is 1.49. The molecule has 0 N–H and O–H groups in total. The molecule has 0 aliphatic carbocycles. The van der Waals surface area contributed by atoms with Crippen molar-refractivity contribution in [2.45, 2.75) is 65.1 Å². The van der Waals surface area contributed by atoms with E-state index in [0.717, 1.165) is 33.2 Å². The SMILES string of the molecule is [2H]c1c([2H])c([2H])c(-c2cccc(-c3c([2H])c([2H])c([2H])c([2H])c3[2H])c2-[n+]2[c-]n(-c3[c-]c(Oc4[c-]c5c(cc4)c4ccccc4n5-c4cc(C(C)(C)C)ccn4)ccc3)c3ccc(B4OC(C)(C)C(C)(C)O4)cc32)c([2H])c1[2H].[Pt]. The number of hydrogen-bond donors (Lipinski definition) is 0. The van der Waals surface area contributed by atoms with Gasteiger partial charge < -0.3 is 23.2 Å². The molecule has 9 heteroatoms. The molecule has 10 aromatic rings. The van der Waals surface area contributed by atoms with Crippen LogP contribution in [0.3, 0.4) is 0 Å². The molecule has 0 amide bonds. The quantitative estimate of drug-likeness (QED) is 0.0864. The first-order chi connectivity index (χ1) is 36.0. The molecule has 0 spiro atoms. The Morgan fingerprint density at radius 2 is 1.34 bits per heavy atom. The molecule has 11 rings (SSSR count). The Kier molecular flexibility index (Phi) is 8.56. The van der Waals surface area contributed by atoms with E-state index >= 15 is 0 Å². The Labute approximate surface area is 421 Å². The van der Waals surface area contributed by atoms with Gasteiger partial charge in [-0.1, -0.05) is 141 Å². The molecular weight excluding hydrogens is 1010 g/mol. The third-order valence-electron chi connectivity index (χ3n) is 12.6. The maximum atomic E-state index is 9.17. The summed E-state index contributed by atoms with van der Waals surface area (Å²) in [6.45, 7) is 14.3. The fraction of sp³-hybridized carbons (Fsp3) is 0.172. The molecule has 1 saturated heterocycles. The number of hydrogen-bond acceptors (Lipinski definition) is 4. The Hall–Kier alpha value is -6.57. The predicted molar refractivity (Wildman–Crippen MR) is 265 cm³/mol. The minimum absolute atomic E-state index is 0. The molecule has 334 valence electrons. The van der Waals surface area contributed by atoms with Crippen LogP contribution in [0.25, 0.3) is 72.3 Å². The van der Waals surface area contributed by atoms with Gasteiger partial charge in [-0.3, -0.25) is 4.57 Å². The van der Waals surface area contributed by atoms with Crippen LogP contribution in [0.1, 0.15) is 67.7 Å². The molecule has 1 aliphatic heterocycles. The molecule has 7 aromatic carbocycles. The van der Waals surface area contributed by atoms with E-state index in [4.69, 9.17) is 27.3 Å². The van der Waals surface area contributed by atoms with Gasteiger partial charge in [0, 0.05) is 44.3 Å². The smallest absolute Gasteiger partial charge is 0.494 e. The maximum Gasteiger partial charge on any atom is 0.494 e. The molecule has 0 radical (unpaired) electrons. The average molecular weight is 1070 g/mol. The second-order valence-electron chi connectivity index (χ2n) is 18.4. The zero-order chi connectivity index (χ0) is 54.1. The van der Waals surface area contributed by atoms with Crippen molar-refractivity contribution in [2.24, 2.45) is 0 Å². The van der Waals surface area contributed by atoms with Crippen molar-refractivity contribution in [1.82, 2.24) is 14.1 Å². The molecule has 1 fully saturated rings. The summed E-state index contributed by atoms with van der Waals surface area (Å²) in [5.41, 5.74) is 3.35. The second-order valence-corrected chi connectivity index (χ2v) is 18.4. The van der Waals surface area contributed by atoms with E-state index < -0.39 is 78.7 Å². The first-order valence-corrected chi connectivity index (χ1v) is 21.7. The van der Waals surface area contributed by atoms with Crippen molar-refractivity contribution in [3.8, 4) is 50.9 Å². The van der Waals surface area contributed by atoms with E-state index in [1.807, 2.05) is 88.5 Å². The maximum absolute atomic E-state index is 9.17. The third kappa shape index (κ3) is 7.91. The largest absolute Gasteiger partial charge is 0.510 e. The summed E-state index contributed by atoms with van der Waals surface area (Å²) in [6, 6.07) is 33.2. The van der Waals surface area contributed by atoms with Crippen molar-refractivity contribution in [3.63, 3.8) is 0 Å². The van der Waals surface area contributed by atoms with Gasteiger partial charge in [-0.15, -0.1) is 29.7 Å². The van der Waals surface area contributed by atoms with Crippen LogP contribution in [0.15, 0.2) is 170 Å². The van der Waals surface area contributed by atoms with Crippen LogP contribution >= 0.6 is 0 Å². The van der Waals surface area contributed by atoms with Crippen LogP contribution in [0, 0.1) is 18.5 Å². The number of pyridine rings is 1. The van der Waals surface area contributed by atoms with Gasteiger partial charge in [-0.2, -0.15) is 18.2 Å².